The van der Waals surface area contributed by atoms with Gasteiger partial charge in [0.25, 0.3) is 0 Å². The Hall–Kier alpha value is -1.30. The molecule has 1 aliphatic rings. The van der Waals surface area contributed by atoms with E-state index in [4.69, 9.17) is 0 Å². The number of hydrogen-bond acceptors (Lipinski definition) is 2. The van der Waals surface area contributed by atoms with E-state index in [0.717, 1.165) is 26.1 Å². The van der Waals surface area contributed by atoms with Crippen molar-refractivity contribution in [2.24, 2.45) is 0 Å². The second-order valence-corrected chi connectivity index (χ2v) is 4.02. The van der Waals surface area contributed by atoms with Crippen LogP contribution in [0, 0.1) is 11.8 Å². The zero-order chi connectivity index (χ0) is 11.2. The molecule has 0 bridgehead atoms. The van der Waals surface area contributed by atoms with Crippen LogP contribution < -0.4 is 10.6 Å². The Morgan fingerprint density at radius 2 is 2.31 bits per heavy atom. The molecule has 0 saturated heterocycles. The SMILES string of the molecule is CC#CCNC1CCNCc2ccccc21. The Kier molecular flexibility index (Phi) is 3.98. The first-order chi connectivity index (χ1) is 7.92. The van der Waals surface area contributed by atoms with Gasteiger partial charge in [-0.2, -0.15) is 0 Å². The minimum atomic E-state index is 0.437. The van der Waals surface area contributed by atoms with Gasteiger partial charge in [-0.3, -0.25) is 5.32 Å². The van der Waals surface area contributed by atoms with Gasteiger partial charge in [0.1, 0.15) is 0 Å². The summed E-state index contributed by atoms with van der Waals surface area (Å²) in [5.41, 5.74) is 2.83. The zero-order valence-corrected chi connectivity index (χ0v) is 9.72. The summed E-state index contributed by atoms with van der Waals surface area (Å²) < 4.78 is 0. The summed E-state index contributed by atoms with van der Waals surface area (Å²) in [7, 11) is 0. The molecular formula is C14H18N2. The Bertz CT molecular complexity index is 401. The zero-order valence-electron chi connectivity index (χ0n) is 9.72. The van der Waals surface area contributed by atoms with Crippen molar-refractivity contribution < 1.29 is 0 Å². The van der Waals surface area contributed by atoms with Gasteiger partial charge in [0.05, 0.1) is 6.54 Å². The van der Waals surface area contributed by atoms with Gasteiger partial charge in [-0.1, -0.05) is 30.2 Å². The van der Waals surface area contributed by atoms with E-state index in [-0.39, 0.29) is 0 Å². The molecule has 2 nitrogen and oxygen atoms in total. The summed E-state index contributed by atoms with van der Waals surface area (Å²) in [6, 6.07) is 9.08. The third kappa shape index (κ3) is 2.63. The Morgan fingerprint density at radius 1 is 1.44 bits per heavy atom. The van der Waals surface area contributed by atoms with E-state index in [1.165, 1.54) is 11.1 Å². The molecule has 1 aliphatic heterocycles. The summed E-state index contributed by atoms with van der Waals surface area (Å²) in [6.07, 6.45) is 1.13. The second kappa shape index (κ2) is 5.69. The Morgan fingerprint density at radius 3 is 3.19 bits per heavy atom. The molecule has 2 heteroatoms. The third-order valence-corrected chi connectivity index (χ3v) is 2.97. The fourth-order valence-electron chi connectivity index (χ4n) is 2.13. The normalized spacial score (nSPS) is 19.2. The van der Waals surface area contributed by atoms with Crippen LogP contribution in [0.15, 0.2) is 24.3 Å². The Labute approximate surface area is 97.4 Å². The van der Waals surface area contributed by atoms with Crippen LogP contribution in [0.2, 0.25) is 0 Å². The molecule has 84 valence electrons. The van der Waals surface area contributed by atoms with Crippen LogP contribution in [0.3, 0.4) is 0 Å². The predicted molar refractivity (Wildman–Crippen MR) is 67.0 cm³/mol. The van der Waals surface area contributed by atoms with Crippen LogP contribution in [0.4, 0.5) is 0 Å². The first kappa shape index (κ1) is 11.2. The summed E-state index contributed by atoms with van der Waals surface area (Å²) in [6.45, 7) is 4.69. The molecule has 1 heterocycles. The van der Waals surface area contributed by atoms with Crippen molar-refractivity contribution in [1.82, 2.24) is 10.6 Å². The maximum Gasteiger partial charge on any atom is 0.0581 e. The average molecular weight is 214 g/mol. The van der Waals surface area contributed by atoms with E-state index in [1.807, 2.05) is 6.92 Å². The smallest absolute Gasteiger partial charge is 0.0581 e. The molecule has 2 N–H and O–H groups in total. The molecule has 0 radical (unpaired) electrons. The highest BCUT2D eigenvalue weighted by Gasteiger charge is 2.16. The molecule has 0 fully saturated rings. The lowest BCUT2D eigenvalue weighted by molar-refractivity contribution is 0.524. The number of fused-ring (bicyclic) bond motifs is 1. The van der Waals surface area contributed by atoms with Crippen molar-refractivity contribution in [3.8, 4) is 11.8 Å². The van der Waals surface area contributed by atoms with Crippen molar-refractivity contribution in [3.63, 3.8) is 0 Å². The summed E-state index contributed by atoms with van der Waals surface area (Å²) in [4.78, 5) is 0. The molecule has 1 atom stereocenters. The van der Waals surface area contributed by atoms with Crippen molar-refractivity contribution in [2.75, 3.05) is 13.1 Å². The quantitative estimate of drug-likeness (QED) is 0.734. The van der Waals surface area contributed by atoms with E-state index in [0.29, 0.717) is 6.04 Å². The molecule has 0 saturated carbocycles. The van der Waals surface area contributed by atoms with E-state index in [1.54, 1.807) is 0 Å². The van der Waals surface area contributed by atoms with Crippen LogP contribution in [0.1, 0.15) is 30.5 Å². The molecule has 1 unspecified atom stereocenters. The average Bonchev–Trinajstić information content (AvgIpc) is 2.52. The molecule has 0 aromatic heterocycles. The highest BCUT2D eigenvalue weighted by Crippen LogP contribution is 2.22. The van der Waals surface area contributed by atoms with E-state index < -0.39 is 0 Å². The fourth-order valence-corrected chi connectivity index (χ4v) is 2.13. The lowest BCUT2D eigenvalue weighted by Gasteiger charge is -2.17. The topological polar surface area (TPSA) is 24.1 Å². The van der Waals surface area contributed by atoms with E-state index >= 15 is 0 Å². The standard InChI is InChI=1S/C14H18N2/c1-2-3-9-16-14-8-10-15-11-12-6-4-5-7-13(12)14/h4-7,14-16H,8-11H2,1H3. The van der Waals surface area contributed by atoms with Crippen LogP contribution in [-0.4, -0.2) is 13.1 Å². The molecule has 16 heavy (non-hydrogen) atoms. The largest absolute Gasteiger partial charge is 0.313 e. The van der Waals surface area contributed by atoms with Gasteiger partial charge in [-0.25, -0.2) is 0 Å². The summed E-state index contributed by atoms with van der Waals surface area (Å²) in [5, 5.41) is 6.95. The van der Waals surface area contributed by atoms with E-state index in [2.05, 4.69) is 46.7 Å². The van der Waals surface area contributed by atoms with Gasteiger partial charge in [-0.15, -0.1) is 5.92 Å². The number of nitrogens with one attached hydrogen (secondary N) is 2. The van der Waals surface area contributed by atoms with Gasteiger partial charge in [0.15, 0.2) is 0 Å². The van der Waals surface area contributed by atoms with Crippen LogP contribution >= 0.6 is 0 Å². The maximum absolute atomic E-state index is 3.51. The van der Waals surface area contributed by atoms with Gasteiger partial charge in [0.2, 0.25) is 0 Å². The molecule has 0 aliphatic carbocycles. The molecule has 1 aromatic carbocycles. The van der Waals surface area contributed by atoms with Crippen molar-refractivity contribution in [3.05, 3.63) is 35.4 Å². The molecule has 2 rings (SSSR count). The molecule has 0 spiro atoms. The lowest BCUT2D eigenvalue weighted by atomic mass is 9.99. The van der Waals surface area contributed by atoms with E-state index in [9.17, 15) is 0 Å². The van der Waals surface area contributed by atoms with Gasteiger partial charge in [0, 0.05) is 12.6 Å². The van der Waals surface area contributed by atoms with Crippen molar-refractivity contribution >= 4 is 0 Å². The molecule has 1 aromatic rings. The van der Waals surface area contributed by atoms with Gasteiger partial charge >= 0.3 is 0 Å². The third-order valence-electron chi connectivity index (χ3n) is 2.97. The van der Waals surface area contributed by atoms with Gasteiger partial charge in [-0.05, 0) is 31.0 Å². The first-order valence-electron chi connectivity index (χ1n) is 5.83. The number of hydrogen-bond donors (Lipinski definition) is 2. The Balaban J connectivity index is 2.14. The van der Waals surface area contributed by atoms with Crippen molar-refractivity contribution in [2.45, 2.75) is 25.9 Å². The van der Waals surface area contributed by atoms with Crippen molar-refractivity contribution in [1.29, 1.82) is 0 Å². The fraction of sp³-hybridized carbons (Fsp3) is 0.429. The van der Waals surface area contributed by atoms with Crippen LogP contribution in [0.5, 0.6) is 0 Å². The summed E-state index contributed by atoms with van der Waals surface area (Å²) in [5.74, 6) is 5.98. The van der Waals surface area contributed by atoms with Crippen LogP contribution in [-0.2, 0) is 6.54 Å². The van der Waals surface area contributed by atoms with Crippen LogP contribution in [0.25, 0.3) is 0 Å². The maximum atomic E-state index is 3.51. The molecular weight excluding hydrogens is 196 g/mol. The highest BCUT2D eigenvalue weighted by atomic mass is 14.9. The minimum absolute atomic E-state index is 0.437. The lowest BCUT2D eigenvalue weighted by Crippen LogP contribution is -2.23. The van der Waals surface area contributed by atoms with Gasteiger partial charge < -0.3 is 5.32 Å². The monoisotopic (exact) mass is 214 g/mol. The number of rotatable bonds is 2. The second-order valence-electron chi connectivity index (χ2n) is 4.02. The number of benzene rings is 1. The predicted octanol–water partition coefficient (Wildman–Crippen LogP) is 1.83. The highest BCUT2D eigenvalue weighted by molar-refractivity contribution is 5.31. The minimum Gasteiger partial charge on any atom is -0.313 e. The molecule has 0 amide bonds. The first-order valence-corrected chi connectivity index (χ1v) is 5.83. The summed E-state index contributed by atoms with van der Waals surface area (Å²) >= 11 is 0.